The Morgan fingerprint density at radius 3 is 3.00 bits per heavy atom. The van der Waals surface area contributed by atoms with E-state index in [9.17, 15) is 0 Å². The number of rotatable bonds is 1. The normalized spacial score (nSPS) is 14.6. The van der Waals surface area contributed by atoms with Crippen LogP contribution in [0.1, 0.15) is 0 Å². The average Bonchev–Trinajstić information content (AvgIpc) is 2.61. The number of hydrogen-bond acceptors (Lipinski definition) is 3. The fraction of sp³-hybridized carbons (Fsp3) is 0. The Kier molecular flexibility index (Phi) is 2.04. The lowest BCUT2D eigenvalue weighted by Crippen LogP contribution is -2.10. The van der Waals surface area contributed by atoms with Crippen LogP contribution in [0.25, 0.3) is 17.2 Å². The van der Waals surface area contributed by atoms with Gasteiger partial charge < -0.3 is 9.88 Å². The first kappa shape index (κ1) is 8.91. The zero-order valence-electron chi connectivity index (χ0n) is 8.54. The van der Waals surface area contributed by atoms with Gasteiger partial charge in [-0.25, -0.2) is 9.97 Å². The van der Waals surface area contributed by atoms with Crippen molar-refractivity contribution in [3.63, 3.8) is 0 Å². The molecule has 0 atom stereocenters. The van der Waals surface area contributed by atoms with Gasteiger partial charge in [-0.15, -0.1) is 0 Å². The summed E-state index contributed by atoms with van der Waals surface area (Å²) in [6.07, 6.45) is 15.3. The van der Waals surface area contributed by atoms with Crippen LogP contribution >= 0.6 is 0 Å². The fourth-order valence-corrected chi connectivity index (χ4v) is 1.60. The average molecular weight is 210 g/mol. The molecule has 0 bridgehead atoms. The van der Waals surface area contributed by atoms with Gasteiger partial charge in [0.05, 0.1) is 5.69 Å². The summed E-state index contributed by atoms with van der Waals surface area (Å²) in [4.78, 5) is 8.31. The smallest absolute Gasteiger partial charge is 0.116 e. The van der Waals surface area contributed by atoms with Gasteiger partial charge in [0.25, 0.3) is 0 Å². The molecule has 3 heterocycles. The second kappa shape index (κ2) is 3.66. The molecule has 0 fully saturated rings. The number of hydrogen-bond donors (Lipinski definition) is 1. The van der Waals surface area contributed by atoms with Crippen LogP contribution in [0.5, 0.6) is 0 Å². The van der Waals surface area contributed by atoms with Crippen LogP contribution in [0.3, 0.4) is 0 Å². The molecule has 0 aliphatic carbocycles. The Hall–Kier alpha value is -2.36. The quantitative estimate of drug-likeness (QED) is 0.781. The number of fused-ring (bicyclic) bond motifs is 1. The van der Waals surface area contributed by atoms with Gasteiger partial charge in [0.2, 0.25) is 0 Å². The Labute approximate surface area is 93.0 Å². The molecular weight excluding hydrogens is 200 g/mol. The minimum absolute atomic E-state index is 0.891. The molecule has 3 rings (SSSR count). The summed E-state index contributed by atoms with van der Waals surface area (Å²) >= 11 is 0. The maximum atomic E-state index is 4.17. The third kappa shape index (κ3) is 1.50. The Morgan fingerprint density at radius 2 is 2.00 bits per heavy atom. The SMILES string of the molecule is C1=CC=C(n2ccc3ncnc-3c2)NC=C1. The first-order valence-electron chi connectivity index (χ1n) is 5.02. The van der Waals surface area contributed by atoms with Crippen molar-refractivity contribution in [1.29, 1.82) is 0 Å². The first-order valence-corrected chi connectivity index (χ1v) is 5.02. The zero-order valence-corrected chi connectivity index (χ0v) is 8.54. The molecule has 16 heavy (non-hydrogen) atoms. The number of nitrogens with one attached hydrogen (secondary N) is 1. The standard InChI is InChI=1S/C12H10N4/c1-2-4-12(13-6-3-1)16-7-5-10-11(8-16)15-9-14-10/h1-9,13H. The van der Waals surface area contributed by atoms with Gasteiger partial charge in [0.1, 0.15) is 17.8 Å². The van der Waals surface area contributed by atoms with Gasteiger partial charge in [-0.2, -0.15) is 0 Å². The van der Waals surface area contributed by atoms with Gasteiger partial charge in [0.15, 0.2) is 0 Å². The van der Waals surface area contributed by atoms with Crippen LogP contribution in [0.2, 0.25) is 0 Å². The summed E-state index contributed by atoms with van der Waals surface area (Å²) in [5, 5.41) is 3.19. The molecule has 0 aromatic heterocycles. The van der Waals surface area contributed by atoms with Gasteiger partial charge in [-0.05, 0) is 18.2 Å². The summed E-state index contributed by atoms with van der Waals surface area (Å²) in [6.45, 7) is 0. The highest BCUT2D eigenvalue weighted by Crippen LogP contribution is 2.17. The molecule has 0 radical (unpaired) electrons. The monoisotopic (exact) mass is 210 g/mol. The lowest BCUT2D eigenvalue weighted by molar-refractivity contribution is 0.975. The molecule has 0 saturated carbocycles. The van der Waals surface area contributed by atoms with Crippen molar-refractivity contribution in [2.75, 3.05) is 0 Å². The summed E-state index contributed by atoms with van der Waals surface area (Å²) in [6, 6.07) is 1.95. The van der Waals surface area contributed by atoms with E-state index in [1.807, 2.05) is 53.5 Å². The van der Waals surface area contributed by atoms with Crippen molar-refractivity contribution in [3.05, 3.63) is 55.3 Å². The molecule has 1 N–H and O–H groups in total. The van der Waals surface area contributed by atoms with E-state index in [1.54, 1.807) is 6.33 Å². The maximum Gasteiger partial charge on any atom is 0.116 e. The van der Waals surface area contributed by atoms with Crippen LogP contribution in [0.4, 0.5) is 0 Å². The summed E-state index contributed by atoms with van der Waals surface area (Å²) in [7, 11) is 0. The molecular formula is C12H10N4. The molecule has 3 aliphatic rings. The molecule has 0 aromatic carbocycles. The van der Waals surface area contributed by atoms with Gasteiger partial charge in [-0.1, -0.05) is 12.2 Å². The highest BCUT2D eigenvalue weighted by molar-refractivity contribution is 5.58. The van der Waals surface area contributed by atoms with E-state index in [0.29, 0.717) is 0 Å². The van der Waals surface area contributed by atoms with E-state index in [-0.39, 0.29) is 0 Å². The molecule has 4 nitrogen and oxygen atoms in total. The number of aromatic nitrogens is 3. The molecule has 0 unspecified atom stereocenters. The third-order valence-electron chi connectivity index (χ3n) is 2.39. The summed E-state index contributed by atoms with van der Waals surface area (Å²) in [5.74, 6) is 0.981. The van der Waals surface area contributed by atoms with Crippen LogP contribution in [-0.2, 0) is 0 Å². The van der Waals surface area contributed by atoms with Crippen molar-refractivity contribution < 1.29 is 0 Å². The van der Waals surface area contributed by atoms with Gasteiger partial charge in [-0.3, -0.25) is 0 Å². The Balaban J connectivity index is 2.06. The van der Waals surface area contributed by atoms with Crippen LogP contribution < -0.4 is 5.32 Å². The number of pyridine rings is 1. The number of imidazole rings is 1. The van der Waals surface area contributed by atoms with E-state index >= 15 is 0 Å². The number of nitrogens with zero attached hydrogens (tertiary/aromatic N) is 3. The first-order chi connectivity index (χ1) is 7.93. The van der Waals surface area contributed by atoms with E-state index < -0.39 is 0 Å². The van der Waals surface area contributed by atoms with Gasteiger partial charge in [0, 0.05) is 18.6 Å². The highest BCUT2D eigenvalue weighted by Gasteiger charge is 2.06. The largest absolute Gasteiger partial charge is 0.348 e. The minimum Gasteiger partial charge on any atom is -0.348 e. The van der Waals surface area contributed by atoms with Crippen molar-refractivity contribution in [3.8, 4) is 11.4 Å². The van der Waals surface area contributed by atoms with E-state index in [0.717, 1.165) is 17.2 Å². The van der Waals surface area contributed by atoms with Crippen molar-refractivity contribution in [2.24, 2.45) is 0 Å². The highest BCUT2D eigenvalue weighted by atomic mass is 15.1. The summed E-state index contributed by atoms with van der Waals surface area (Å²) < 4.78 is 1.98. The molecule has 4 heteroatoms. The van der Waals surface area contributed by atoms with Crippen LogP contribution in [0.15, 0.2) is 55.3 Å². The van der Waals surface area contributed by atoms with Crippen molar-refractivity contribution >= 4 is 5.82 Å². The molecule has 0 saturated heterocycles. The van der Waals surface area contributed by atoms with Gasteiger partial charge >= 0.3 is 0 Å². The number of allylic oxidation sites excluding steroid dienone is 4. The molecule has 0 amide bonds. The molecule has 3 aliphatic heterocycles. The molecule has 0 aromatic rings. The van der Waals surface area contributed by atoms with E-state index in [2.05, 4.69) is 15.3 Å². The Bertz CT molecular complexity index is 562. The Morgan fingerprint density at radius 1 is 1.06 bits per heavy atom. The lowest BCUT2D eigenvalue weighted by Gasteiger charge is -2.11. The van der Waals surface area contributed by atoms with Crippen molar-refractivity contribution in [2.45, 2.75) is 0 Å². The van der Waals surface area contributed by atoms with E-state index in [1.165, 1.54) is 0 Å². The minimum atomic E-state index is 0.891. The topological polar surface area (TPSA) is 42.7 Å². The molecule has 78 valence electrons. The predicted molar refractivity (Wildman–Crippen MR) is 62.3 cm³/mol. The fourth-order valence-electron chi connectivity index (χ4n) is 1.60. The van der Waals surface area contributed by atoms with Crippen LogP contribution in [-0.4, -0.2) is 14.5 Å². The lowest BCUT2D eigenvalue weighted by atomic mass is 10.3. The van der Waals surface area contributed by atoms with Crippen molar-refractivity contribution in [1.82, 2.24) is 19.9 Å². The predicted octanol–water partition coefficient (Wildman–Crippen LogP) is 1.85. The van der Waals surface area contributed by atoms with E-state index in [4.69, 9.17) is 0 Å². The second-order valence-corrected chi connectivity index (χ2v) is 3.44. The second-order valence-electron chi connectivity index (χ2n) is 3.44. The van der Waals surface area contributed by atoms with Crippen LogP contribution in [0, 0.1) is 0 Å². The maximum absolute atomic E-state index is 4.17. The zero-order chi connectivity index (χ0) is 10.8. The summed E-state index contributed by atoms with van der Waals surface area (Å²) in [5.41, 5.74) is 1.80. The third-order valence-corrected chi connectivity index (χ3v) is 2.39. The molecule has 0 spiro atoms.